The molecule has 0 unspecified atom stereocenters. The highest BCUT2D eigenvalue weighted by molar-refractivity contribution is 9.10. The van der Waals surface area contributed by atoms with E-state index in [1.165, 1.54) is 13.0 Å². The highest BCUT2D eigenvalue weighted by atomic mass is 79.9. The molecule has 0 spiro atoms. The van der Waals surface area contributed by atoms with Crippen LogP contribution < -0.4 is 5.43 Å². The van der Waals surface area contributed by atoms with Gasteiger partial charge in [0.05, 0.1) is 11.7 Å². The zero-order valence-electron chi connectivity index (χ0n) is 15.1. The number of piperidine rings is 1. The van der Waals surface area contributed by atoms with Crippen LogP contribution in [0.5, 0.6) is 0 Å². The summed E-state index contributed by atoms with van der Waals surface area (Å²) in [6.07, 6.45) is 6.10. The first-order valence-electron chi connectivity index (χ1n) is 9.23. The fraction of sp³-hybridized carbons (Fsp3) is 0.579. The Kier molecular flexibility index (Phi) is 6.25. The first-order valence-corrected chi connectivity index (χ1v) is 10.0. The zero-order valence-corrected chi connectivity index (χ0v) is 16.7. The van der Waals surface area contributed by atoms with E-state index < -0.39 is 0 Å². The highest BCUT2D eigenvalue weighted by Gasteiger charge is 2.22. The number of likely N-dealkylation sites (N-methyl/N-ethyl adjacent to an activating group) is 1. The Morgan fingerprint density at radius 3 is 2.92 bits per heavy atom. The van der Waals surface area contributed by atoms with Crippen molar-refractivity contribution < 1.29 is 0 Å². The molecule has 6 heteroatoms. The van der Waals surface area contributed by atoms with Gasteiger partial charge in [-0.05, 0) is 54.5 Å². The van der Waals surface area contributed by atoms with E-state index in [9.17, 15) is 4.79 Å². The minimum Gasteiger partial charge on any atom is -0.342 e. The van der Waals surface area contributed by atoms with Crippen molar-refractivity contribution in [3.63, 3.8) is 0 Å². The summed E-state index contributed by atoms with van der Waals surface area (Å²) < 4.78 is 2.96. The van der Waals surface area contributed by atoms with Gasteiger partial charge in [-0.25, -0.2) is 4.98 Å². The first-order chi connectivity index (χ1) is 12.1. The summed E-state index contributed by atoms with van der Waals surface area (Å²) >= 11 is 3.37. The number of hydrogen-bond donors (Lipinski definition) is 0. The Balaban J connectivity index is 1.79. The lowest BCUT2D eigenvalue weighted by molar-refractivity contribution is 0.155. The molecule has 2 aromatic heterocycles. The second-order valence-corrected chi connectivity index (χ2v) is 7.55. The van der Waals surface area contributed by atoms with Gasteiger partial charge in [0.2, 0.25) is 0 Å². The van der Waals surface area contributed by atoms with E-state index in [-0.39, 0.29) is 5.43 Å². The van der Waals surface area contributed by atoms with Crippen LogP contribution in [0, 0.1) is 0 Å². The third-order valence-electron chi connectivity index (χ3n) is 5.28. The van der Waals surface area contributed by atoms with Crippen LogP contribution in [0.1, 0.15) is 32.7 Å². The summed E-state index contributed by atoms with van der Waals surface area (Å²) in [6, 6.07) is 3.91. The molecule has 1 fully saturated rings. The van der Waals surface area contributed by atoms with Crippen LogP contribution in [-0.2, 0) is 0 Å². The predicted molar refractivity (Wildman–Crippen MR) is 106 cm³/mol. The molecule has 0 bridgehead atoms. The standard InChI is InChI=1S/C19H27BrN4O/c1-3-22(4-2)10-11-23-8-5-6-15(14-23)24-9-7-18(25)16-12-19(20)21-13-17(16)24/h7,9,12-13,15H,3-6,8,10-11,14H2,1-2H3/t15-/m0/s1. The van der Waals surface area contributed by atoms with E-state index >= 15 is 0 Å². The molecule has 0 N–H and O–H groups in total. The molecule has 25 heavy (non-hydrogen) atoms. The zero-order chi connectivity index (χ0) is 17.8. The Bertz CT molecular complexity index is 772. The van der Waals surface area contributed by atoms with Gasteiger partial charge in [-0.1, -0.05) is 13.8 Å². The molecule has 3 heterocycles. The maximum absolute atomic E-state index is 12.2. The first kappa shape index (κ1) is 18.5. The molecule has 0 amide bonds. The van der Waals surface area contributed by atoms with Crippen LogP contribution in [0.3, 0.4) is 0 Å². The van der Waals surface area contributed by atoms with Gasteiger partial charge in [0.25, 0.3) is 0 Å². The van der Waals surface area contributed by atoms with Crippen molar-refractivity contribution in [2.45, 2.75) is 32.7 Å². The van der Waals surface area contributed by atoms with Gasteiger partial charge >= 0.3 is 0 Å². The largest absolute Gasteiger partial charge is 0.342 e. The second kappa shape index (κ2) is 8.43. The molecule has 0 radical (unpaired) electrons. The van der Waals surface area contributed by atoms with E-state index in [4.69, 9.17) is 0 Å². The summed E-state index contributed by atoms with van der Waals surface area (Å²) in [5, 5.41) is 0.740. The molecule has 0 aromatic carbocycles. The summed E-state index contributed by atoms with van der Waals surface area (Å²) in [4.78, 5) is 21.6. The quantitative estimate of drug-likeness (QED) is 0.690. The highest BCUT2D eigenvalue weighted by Crippen LogP contribution is 2.25. The van der Waals surface area contributed by atoms with E-state index in [2.05, 4.69) is 49.1 Å². The Hall–Kier alpha value is -1.24. The van der Waals surface area contributed by atoms with Gasteiger partial charge in [0, 0.05) is 43.3 Å². The number of rotatable bonds is 6. The predicted octanol–water partition coefficient (Wildman–Crippen LogP) is 3.14. The third kappa shape index (κ3) is 4.30. The summed E-state index contributed by atoms with van der Waals surface area (Å²) in [5.74, 6) is 0. The Labute approximate surface area is 157 Å². The maximum atomic E-state index is 12.2. The number of aromatic nitrogens is 2. The number of fused-ring (bicyclic) bond motifs is 1. The van der Waals surface area contributed by atoms with Crippen LogP contribution in [-0.4, -0.2) is 58.6 Å². The topological polar surface area (TPSA) is 41.4 Å². The maximum Gasteiger partial charge on any atom is 0.189 e. The molecule has 1 saturated heterocycles. The van der Waals surface area contributed by atoms with Crippen molar-refractivity contribution in [2.24, 2.45) is 0 Å². The summed E-state index contributed by atoms with van der Waals surface area (Å²) in [6.45, 7) is 11.1. The minimum atomic E-state index is 0.0588. The van der Waals surface area contributed by atoms with Crippen LogP contribution in [0.25, 0.3) is 10.9 Å². The monoisotopic (exact) mass is 406 g/mol. The number of likely N-dealkylation sites (tertiary alicyclic amines) is 1. The van der Waals surface area contributed by atoms with Crippen molar-refractivity contribution in [3.8, 4) is 0 Å². The molecule has 1 atom stereocenters. The summed E-state index contributed by atoms with van der Waals surface area (Å²) in [7, 11) is 0. The molecule has 1 aliphatic heterocycles. The number of halogens is 1. The van der Waals surface area contributed by atoms with Crippen molar-refractivity contribution in [3.05, 3.63) is 39.4 Å². The lowest BCUT2D eigenvalue weighted by Crippen LogP contribution is -2.41. The van der Waals surface area contributed by atoms with E-state index in [1.54, 1.807) is 6.07 Å². The van der Waals surface area contributed by atoms with Crippen molar-refractivity contribution in [1.82, 2.24) is 19.4 Å². The molecule has 1 aliphatic rings. The Morgan fingerprint density at radius 2 is 2.16 bits per heavy atom. The van der Waals surface area contributed by atoms with Crippen LogP contribution in [0.2, 0.25) is 0 Å². The van der Waals surface area contributed by atoms with Crippen LogP contribution in [0.4, 0.5) is 0 Å². The van der Waals surface area contributed by atoms with Crippen molar-refractivity contribution in [2.75, 3.05) is 39.3 Å². The molecule has 136 valence electrons. The van der Waals surface area contributed by atoms with Crippen LogP contribution >= 0.6 is 15.9 Å². The minimum absolute atomic E-state index is 0.0588. The second-order valence-electron chi connectivity index (χ2n) is 6.73. The molecular weight excluding hydrogens is 380 g/mol. The molecule has 0 aliphatic carbocycles. The molecule has 5 nitrogen and oxygen atoms in total. The third-order valence-corrected chi connectivity index (χ3v) is 5.71. The lowest BCUT2D eigenvalue weighted by Gasteiger charge is -2.35. The molecule has 2 aromatic rings. The lowest BCUT2D eigenvalue weighted by atomic mass is 10.0. The van der Waals surface area contributed by atoms with Crippen molar-refractivity contribution >= 4 is 26.8 Å². The number of hydrogen-bond acceptors (Lipinski definition) is 4. The smallest absolute Gasteiger partial charge is 0.189 e. The van der Waals surface area contributed by atoms with Gasteiger partial charge in [-0.2, -0.15) is 0 Å². The van der Waals surface area contributed by atoms with E-state index in [1.807, 2.05) is 18.5 Å². The van der Waals surface area contributed by atoms with Crippen molar-refractivity contribution in [1.29, 1.82) is 0 Å². The number of nitrogens with zero attached hydrogens (tertiary/aromatic N) is 4. The Morgan fingerprint density at radius 1 is 1.36 bits per heavy atom. The number of pyridine rings is 2. The molecule has 0 saturated carbocycles. The fourth-order valence-electron chi connectivity index (χ4n) is 3.75. The van der Waals surface area contributed by atoms with Gasteiger partial charge in [-0.15, -0.1) is 0 Å². The average Bonchev–Trinajstić information content (AvgIpc) is 2.63. The van der Waals surface area contributed by atoms with Gasteiger partial charge in [0.1, 0.15) is 4.60 Å². The SMILES string of the molecule is CCN(CC)CCN1CCC[C@H](n2ccc(=O)c3cc(Br)ncc32)C1. The fourth-order valence-corrected chi connectivity index (χ4v) is 4.08. The normalized spacial score (nSPS) is 19.0. The molecule has 3 rings (SSSR count). The summed E-state index contributed by atoms with van der Waals surface area (Å²) in [5.41, 5.74) is 0.995. The van der Waals surface area contributed by atoms with Gasteiger partial charge in [-0.3, -0.25) is 4.79 Å². The van der Waals surface area contributed by atoms with E-state index in [0.29, 0.717) is 10.6 Å². The van der Waals surface area contributed by atoms with Gasteiger partial charge in [0.15, 0.2) is 5.43 Å². The average molecular weight is 407 g/mol. The van der Waals surface area contributed by atoms with Gasteiger partial charge < -0.3 is 14.4 Å². The molecular formula is C19H27BrN4O. The van der Waals surface area contributed by atoms with Crippen LogP contribution in [0.15, 0.2) is 33.9 Å². The van der Waals surface area contributed by atoms with E-state index in [0.717, 1.165) is 50.0 Å².